The summed E-state index contributed by atoms with van der Waals surface area (Å²) >= 11 is 3.62. The molecule has 1 saturated heterocycles. The van der Waals surface area contributed by atoms with Crippen molar-refractivity contribution in [2.75, 3.05) is 20.1 Å². The predicted molar refractivity (Wildman–Crippen MR) is 82.3 cm³/mol. The summed E-state index contributed by atoms with van der Waals surface area (Å²) in [7, 11) is 2.22. The number of halogens is 1. The molecule has 4 heteroatoms. The van der Waals surface area contributed by atoms with Gasteiger partial charge in [0, 0.05) is 12.6 Å². The second kappa shape index (κ2) is 6.91. The highest BCUT2D eigenvalue weighted by Crippen LogP contribution is 2.37. The van der Waals surface area contributed by atoms with Crippen molar-refractivity contribution in [3.63, 3.8) is 0 Å². The lowest BCUT2D eigenvalue weighted by molar-refractivity contribution is 0.160. The van der Waals surface area contributed by atoms with Gasteiger partial charge in [0.15, 0.2) is 0 Å². The van der Waals surface area contributed by atoms with E-state index in [1.807, 2.05) is 6.07 Å². The number of nitrogens with one attached hydrogen (secondary N) is 1. The van der Waals surface area contributed by atoms with E-state index in [0.717, 1.165) is 23.3 Å². The summed E-state index contributed by atoms with van der Waals surface area (Å²) < 4.78 is 6.85. The Morgan fingerprint density at radius 1 is 1.47 bits per heavy atom. The molecule has 0 saturated carbocycles. The Morgan fingerprint density at radius 3 is 2.89 bits per heavy atom. The number of furan rings is 1. The van der Waals surface area contributed by atoms with Crippen LogP contribution in [0.2, 0.25) is 0 Å². The molecule has 108 valence electrons. The van der Waals surface area contributed by atoms with E-state index in [4.69, 9.17) is 4.42 Å². The first kappa shape index (κ1) is 15.1. The van der Waals surface area contributed by atoms with Gasteiger partial charge in [-0.2, -0.15) is 0 Å². The highest BCUT2D eigenvalue weighted by atomic mass is 79.9. The summed E-state index contributed by atoms with van der Waals surface area (Å²) in [6.07, 6.45) is 5.64. The summed E-state index contributed by atoms with van der Waals surface area (Å²) in [5.74, 6) is 1.69. The fourth-order valence-corrected chi connectivity index (χ4v) is 3.39. The molecule has 1 aliphatic heterocycles. The summed E-state index contributed by atoms with van der Waals surface area (Å²) in [6.45, 7) is 6.62. The molecule has 0 aliphatic carbocycles. The van der Waals surface area contributed by atoms with E-state index >= 15 is 0 Å². The largest absolute Gasteiger partial charge is 0.466 e. The van der Waals surface area contributed by atoms with Gasteiger partial charge < -0.3 is 9.73 Å². The van der Waals surface area contributed by atoms with E-state index in [-0.39, 0.29) is 0 Å². The first-order chi connectivity index (χ1) is 9.09. The normalized spacial score (nSPS) is 25.7. The van der Waals surface area contributed by atoms with E-state index in [1.54, 1.807) is 6.26 Å². The highest BCUT2D eigenvalue weighted by Gasteiger charge is 2.32. The second-order valence-electron chi connectivity index (χ2n) is 5.88. The fourth-order valence-electron chi connectivity index (χ4n) is 2.96. The zero-order valence-electron chi connectivity index (χ0n) is 12.2. The number of nitrogens with zero attached hydrogens (tertiary/aromatic N) is 1. The minimum atomic E-state index is 0.373. The van der Waals surface area contributed by atoms with Crippen LogP contribution in [0.5, 0.6) is 0 Å². The van der Waals surface area contributed by atoms with Gasteiger partial charge in [0.2, 0.25) is 0 Å². The average Bonchev–Trinajstić information content (AvgIpc) is 2.68. The Labute approximate surface area is 124 Å². The molecule has 0 amide bonds. The highest BCUT2D eigenvalue weighted by molar-refractivity contribution is 9.10. The van der Waals surface area contributed by atoms with Gasteiger partial charge in [-0.3, -0.25) is 4.90 Å². The third-order valence-corrected chi connectivity index (χ3v) is 4.61. The Balaban J connectivity index is 2.18. The van der Waals surface area contributed by atoms with Crippen LogP contribution in [0, 0.1) is 5.92 Å². The molecule has 1 N–H and O–H groups in total. The van der Waals surface area contributed by atoms with Crippen molar-refractivity contribution in [2.24, 2.45) is 5.92 Å². The molecule has 1 aromatic rings. The van der Waals surface area contributed by atoms with Crippen LogP contribution in [0.4, 0.5) is 0 Å². The molecule has 2 heterocycles. The lowest BCUT2D eigenvalue weighted by atomic mass is 9.92. The summed E-state index contributed by atoms with van der Waals surface area (Å²) in [4.78, 5) is 2.45. The smallest absolute Gasteiger partial charge is 0.135 e. The first-order valence-corrected chi connectivity index (χ1v) is 8.05. The molecule has 0 spiro atoms. The van der Waals surface area contributed by atoms with Crippen molar-refractivity contribution >= 4 is 15.9 Å². The number of hydrogen-bond donors (Lipinski definition) is 1. The van der Waals surface area contributed by atoms with Crippen LogP contribution in [0.3, 0.4) is 0 Å². The van der Waals surface area contributed by atoms with Crippen LogP contribution in [-0.2, 0) is 0 Å². The molecule has 1 aliphatic rings. The van der Waals surface area contributed by atoms with E-state index in [0.29, 0.717) is 18.0 Å². The monoisotopic (exact) mass is 328 g/mol. The third-order valence-electron chi connectivity index (χ3n) is 3.96. The van der Waals surface area contributed by atoms with Gasteiger partial charge in [-0.15, -0.1) is 0 Å². The van der Waals surface area contributed by atoms with Gasteiger partial charge in [0.1, 0.15) is 5.76 Å². The quantitative estimate of drug-likeness (QED) is 0.910. The van der Waals surface area contributed by atoms with Gasteiger partial charge in [-0.25, -0.2) is 0 Å². The molecule has 3 nitrogen and oxygen atoms in total. The predicted octanol–water partition coefficient (Wildman–Crippen LogP) is 3.81. The Bertz CT molecular complexity index is 391. The zero-order valence-corrected chi connectivity index (χ0v) is 13.7. The zero-order chi connectivity index (χ0) is 13.8. The van der Waals surface area contributed by atoms with Crippen molar-refractivity contribution in [1.29, 1.82) is 0 Å². The maximum absolute atomic E-state index is 5.75. The summed E-state index contributed by atoms with van der Waals surface area (Å²) in [5.41, 5.74) is 0. The molecular formula is C15H25BrN2O. The van der Waals surface area contributed by atoms with Crippen LogP contribution >= 0.6 is 15.9 Å². The first-order valence-electron chi connectivity index (χ1n) is 7.26. The van der Waals surface area contributed by atoms with E-state index in [1.165, 1.54) is 19.3 Å². The van der Waals surface area contributed by atoms with Crippen LogP contribution in [0.15, 0.2) is 21.2 Å². The molecule has 0 radical (unpaired) electrons. The lowest BCUT2D eigenvalue weighted by Gasteiger charge is -2.31. The van der Waals surface area contributed by atoms with Gasteiger partial charge in [-0.05, 0) is 54.3 Å². The van der Waals surface area contributed by atoms with Crippen molar-refractivity contribution in [3.05, 3.63) is 22.6 Å². The maximum atomic E-state index is 5.75. The second-order valence-corrected chi connectivity index (χ2v) is 6.73. The average molecular weight is 329 g/mol. The SMILES string of the molecule is CC(C)NCC1CCCCN(C)C1c1occc1Br. The minimum Gasteiger partial charge on any atom is -0.466 e. The molecule has 1 aromatic heterocycles. The minimum absolute atomic E-state index is 0.373. The van der Waals surface area contributed by atoms with Crippen molar-refractivity contribution in [3.8, 4) is 0 Å². The standard InChI is InChI=1S/C15H25BrN2O/c1-11(2)17-10-12-6-4-5-8-18(3)14(12)15-13(16)7-9-19-15/h7,9,11-12,14,17H,4-6,8,10H2,1-3H3. The Morgan fingerprint density at radius 2 is 2.26 bits per heavy atom. The molecule has 2 atom stereocenters. The topological polar surface area (TPSA) is 28.4 Å². The van der Waals surface area contributed by atoms with Crippen LogP contribution in [-0.4, -0.2) is 31.1 Å². The summed E-state index contributed by atoms with van der Waals surface area (Å²) in [6, 6.07) is 2.91. The molecular weight excluding hydrogens is 304 g/mol. The number of rotatable bonds is 4. The molecule has 0 bridgehead atoms. The van der Waals surface area contributed by atoms with Crippen molar-refractivity contribution < 1.29 is 4.42 Å². The molecule has 2 rings (SSSR count). The van der Waals surface area contributed by atoms with Gasteiger partial charge in [0.25, 0.3) is 0 Å². The van der Waals surface area contributed by atoms with Crippen LogP contribution in [0.1, 0.15) is 44.9 Å². The summed E-state index contributed by atoms with van der Waals surface area (Å²) in [5, 5.41) is 3.59. The van der Waals surface area contributed by atoms with E-state index < -0.39 is 0 Å². The van der Waals surface area contributed by atoms with Gasteiger partial charge >= 0.3 is 0 Å². The maximum Gasteiger partial charge on any atom is 0.135 e. The molecule has 1 fully saturated rings. The molecule has 0 aromatic carbocycles. The van der Waals surface area contributed by atoms with Crippen LogP contribution < -0.4 is 5.32 Å². The Hall–Kier alpha value is -0.320. The lowest BCUT2D eigenvalue weighted by Crippen LogP contribution is -2.37. The van der Waals surface area contributed by atoms with Crippen molar-refractivity contribution in [2.45, 2.75) is 45.2 Å². The van der Waals surface area contributed by atoms with E-state index in [2.05, 4.69) is 47.0 Å². The van der Waals surface area contributed by atoms with Gasteiger partial charge in [-0.1, -0.05) is 20.3 Å². The number of likely N-dealkylation sites (tertiary alicyclic amines) is 1. The third kappa shape index (κ3) is 3.83. The fraction of sp³-hybridized carbons (Fsp3) is 0.733. The number of hydrogen-bond acceptors (Lipinski definition) is 3. The van der Waals surface area contributed by atoms with Crippen LogP contribution in [0.25, 0.3) is 0 Å². The Kier molecular flexibility index (Phi) is 5.48. The molecule has 19 heavy (non-hydrogen) atoms. The molecule has 2 unspecified atom stereocenters. The van der Waals surface area contributed by atoms with Crippen molar-refractivity contribution in [1.82, 2.24) is 10.2 Å². The van der Waals surface area contributed by atoms with E-state index in [9.17, 15) is 0 Å². The van der Waals surface area contributed by atoms with Gasteiger partial charge in [0.05, 0.1) is 16.8 Å².